The number of nitrogens with zero attached hydrogens (tertiary/aromatic N) is 1. The minimum absolute atomic E-state index is 0.0328. The molecule has 1 heterocycles. The molecule has 1 saturated carbocycles. The molecule has 1 amide bonds. The highest BCUT2D eigenvalue weighted by atomic mass is 32.2. The first-order valence-corrected chi connectivity index (χ1v) is 9.06. The van der Waals surface area contributed by atoms with Gasteiger partial charge in [0.05, 0.1) is 11.2 Å². The molecule has 0 saturated heterocycles. The number of carbonyl (C=O) groups is 1. The third kappa shape index (κ3) is 4.08. The number of hydrogen-bond acceptors (Lipinski definition) is 4. The number of amides is 1. The summed E-state index contributed by atoms with van der Waals surface area (Å²) in [5.74, 6) is 1.58. The smallest absolute Gasteiger partial charge is 0.251 e. The topological polar surface area (TPSA) is 42.0 Å². The SMILES string of the molecule is CC(NC(=O)c1ccc(SCc2cscn2)cc1)C1CC1. The average Bonchev–Trinajstić information content (AvgIpc) is 3.23. The van der Waals surface area contributed by atoms with Crippen molar-refractivity contribution in [2.75, 3.05) is 0 Å². The summed E-state index contributed by atoms with van der Waals surface area (Å²) in [5.41, 5.74) is 3.69. The van der Waals surface area contributed by atoms with Crippen molar-refractivity contribution in [1.29, 1.82) is 0 Å². The molecule has 1 aromatic carbocycles. The number of thiazole rings is 1. The first-order chi connectivity index (χ1) is 10.2. The Morgan fingerprint density at radius 3 is 2.81 bits per heavy atom. The summed E-state index contributed by atoms with van der Waals surface area (Å²) in [5, 5.41) is 5.14. The maximum absolute atomic E-state index is 12.1. The number of benzene rings is 1. The second-order valence-electron chi connectivity index (χ2n) is 5.39. The van der Waals surface area contributed by atoms with Crippen LogP contribution in [0.15, 0.2) is 40.1 Å². The van der Waals surface area contributed by atoms with E-state index in [1.165, 1.54) is 12.8 Å². The van der Waals surface area contributed by atoms with E-state index < -0.39 is 0 Å². The first-order valence-electron chi connectivity index (χ1n) is 7.13. The minimum Gasteiger partial charge on any atom is -0.349 e. The van der Waals surface area contributed by atoms with Crippen molar-refractivity contribution in [3.8, 4) is 0 Å². The maximum Gasteiger partial charge on any atom is 0.251 e. The molecule has 21 heavy (non-hydrogen) atoms. The average molecular weight is 318 g/mol. The van der Waals surface area contributed by atoms with Crippen molar-refractivity contribution in [1.82, 2.24) is 10.3 Å². The van der Waals surface area contributed by atoms with E-state index in [1.807, 2.05) is 29.8 Å². The highest BCUT2D eigenvalue weighted by Gasteiger charge is 2.28. The summed E-state index contributed by atoms with van der Waals surface area (Å²) in [6.45, 7) is 2.09. The molecule has 2 aromatic rings. The first kappa shape index (κ1) is 14.6. The Balaban J connectivity index is 1.54. The molecule has 1 aliphatic carbocycles. The zero-order chi connectivity index (χ0) is 14.7. The summed E-state index contributed by atoms with van der Waals surface area (Å²) in [6, 6.07) is 8.11. The van der Waals surface area contributed by atoms with Crippen LogP contribution in [0.25, 0.3) is 0 Å². The van der Waals surface area contributed by atoms with E-state index in [-0.39, 0.29) is 11.9 Å². The molecule has 0 radical (unpaired) electrons. The lowest BCUT2D eigenvalue weighted by molar-refractivity contribution is 0.0936. The van der Waals surface area contributed by atoms with Gasteiger partial charge in [0.25, 0.3) is 5.91 Å². The number of aromatic nitrogens is 1. The third-order valence-electron chi connectivity index (χ3n) is 3.67. The molecule has 1 fully saturated rings. The number of thioether (sulfide) groups is 1. The summed E-state index contributed by atoms with van der Waals surface area (Å²) in [4.78, 5) is 17.5. The van der Waals surface area contributed by atoms with Crippen LogP contribution in [0.2, 0.25) is 0 Å². The van der Waals surface area contributed by atoms with E-state index in [1.54, 1.807) is 23.1 Å². The summed E-state index contributed by atoms with van der Waals surface area (Å²) in [7, 11) is 0. The molecule has 110 valence electrons. The van der Waals surface area contributed by atoms with Gasteiger partial charge >= 0.3 is 0 Å². The Kier molecular flexibility index (Phi) is 4.60. The number of nitrogens with one attached hydrogen (secondary N) is 1. The van der Waals surface area contributed by atoms with Crippen LogP contribution < -0.4 is 5.32 Å². The molecule has 1 aromatic heterocycles. The van der Waals surface area contributed by atoms with Gasteiger partial charge in [0.1, 0.15) is 0 Å². The highest BCUT2D eigenvalue weighted by molar-refractivity contribution is 7.98. The predicted molar refractivity (Wildman–Crippen MR) is 87.8 cm³/mol. The quantitative estimate of drug-likeness (QED) is 0.820. The zero-order valence-electron chi connectivity index (χ0n) is 11.9. The fraction of sp³-hybridized carbons (Fsp3) is 0.375. The molecular weight excluding hydrogens is 300 g/mol. The minimum atomic E-state index is 0.0328. The van der Waals surface area contributed by atoms with Crippen molar-refractivity contribution in [2.45, 2.75) is 36.5 Å². The second-order valence-corrected chi connectivity index (χ2v) is 7.16. The second kappa shape index (κ2) is 6.62. The number of hydrogen-bond donors (Lipinski definition) is 1. The normalized spacial score (nSPS) is 15.7. The molecule has 1 unspecified atom stereocenters. The summed E-state index contributed by atoms with van der Waals surface area (Å²) >= 11 is 3.36. The van der Waals surface area contributed by atoms with Crippen molar-refractivity contribution < 1.29 is 4.79 Å². The molecule has 0 aliphatic heterocycles. The molecule has 5 heteroatoms. The van der Waals surface area contributed by atoms with Gasteiger partial charge < -0.3 is 5.32 Å². The van der Waals surface area contributed by atoms with Gasteiger partial charge in [-0.3, -0.25) is 4.79 Å². The maximum atomic E-state index is 12.1. The van der Waals surface area contributed by atoms with Gasteiger partial charge in [0.2, 0.25) is 0 Å². The van der Waals surface area contributed by atoms with Gasteiger partial charge in [-0.15, -0.1) is 23.1 Å². The molecule has 1 N–H and O–H groups in total. The van der Waals surface area contributed by atoms with Crippen molar-refractivity contribution in [3.63, 3.8) is 0 Å². The lowest BCUT2D eigenvalue weighted by atomic mass is 10.1. The molecular formula is C16H18N2OS2. The summed E-state index contributed by atoms with van der Waals surface area (Å²) in [6.07, 6.45) is 2.49. The van der Waals surface area contributed by atoms with Gasteiger partial charge in [-0.2, -0.15) is 0 Å². The van der Waals surface area contributed by atoms with Gasteiger partial charge in [-0.05, 0) is 49.9 Å². The zero-order valence-corrected chi connectivity index (χ0v) is 13.5. The standard InChI is InChI=1S/C16H18N2OS2/c1-11(12-2-3-12)18-16(19)13-4-6-15(7-5-13)21-9-14-8-20-10-17-14/h4-8,10-12H,2-3,9H2,1H3,(H,18,19). The van der Waals surface area contributed by atoms with Crippen LogP contribution in [0.3, 0.4) is 0 Å². The third-order valence-corrected chi connectivity index (χ3v) is 5.36. The highest BCUT2D eigenvalue weighted by Crippen LogP contribution is 2.32. The van der Waals surface area contributed by atoms with E-state index >= 15 is 0 Å². The lowest BCUT2D eigenvalue weighted by Gasteiger charge is -2.12. The van der Waals surface area contributed by atoms with Crippen LogP contribution in [0.1, 0.15) is 35.8 Å². The van der Waals surface area contributed by atoms with Crippen molar-refractivity contribution in [3.05, 3.63) is 46.4 Å². The Hall–Kier alpha value is -1.33. The fourth-order valence-corrected chi connectivity index (χ4v) is 3.64. The fourth-order valence-electron chi connectivity index (χ4n) is 2.17. The van der Waals surface area contributed by atoms with Crippen molar-refractivity contribution >= 4 is 29.0 Å². The van der Waals surface area contributed by atoms with E-state index in [0.717, 1.165) is 21.9 Å². The predicted octanol–water partition coefficient (Wildman–Crippen LogP) is 3.96. The Morgan fingerprint density at radius 2 is 2.19 bits per heavy atom. The summed E-state index contributed by atoms with van der Waals surface area (Å²) < 4.78 is 0. The van der Waals surface area contributed by atoms with E-state index in [0.29, 0.717) is 5.92 Å². The van der Waals surface area contributed by atoms with Crippen LogP contribution in [0, 0.1) is 5.92 Å². The van der Waals surface area contributed by atoms with E-state index in [4.69, 9.17) is 0 Å². The molecule has 0 bridgehead atoms. The van der Waals surface area contributed by atoms with Gasteiger partial charge in [-0.1, -0.05) is 0 Å². The largest absolute Gasteiger partial charge is 0.349 e. The van der Waals surface area contributed by atoms with E-state index in [9.17, 15) is 4.79 Å². The van der Waals surface area contributed by atoms with Crippen LogP contribution in [-0.4, -0.2) is 16.9 Å². The molecule has 1 atom stereocenters. The van der Waals surface area contributed by atoms with Crippen LogP contribution in [-0.2, 0) is 5.75 Å². The van der Waals surface area contributed by atoms with Gasteiger partial charge in [-0.25, -0.2) is 4.98 Å². The number of carbonyl (C=O) groups excluding carboxylic acids is 1. The molecule has 3 rings (SSSR count). The van der Waals surface area contributed by atoms with Gasteiger partial charge in [0.15, 0.2) is 0 Å². The van der Waals surface area contributed by atoms with Crippen molar-refractivity contribution in [2.24, 2.45) is 5.92 Å². The molecule has 0 spiro atoms. The molecule has 1 aliphatic rings. The van der Waals surface area contributed by atoms with E-state index in [2.05, 4.69) is 22.6 Å². The monoisotopic (exact) mass is 318 g/mol. The Morgan fingerprint density at radius 1 is 1.43 bits per heavy atom. The Labute approximate surface area is 133 Å². The van der Waals surface area contributed by atoms with Gasteiger partial charge in [0, 0.05) is 27.6 Å². The number of rotatable bonds is 6. The van der Waals surface area contributed by atoms with Crippen LogP contribution in [0.5, 0.6) is 0 Å². The lowest BCUT2D eigenvalue weighted by Crippen LogP contribution is -2.33. The molecule has 3 nitrogen and oxygen atoms in total. The van der Waals surface area contributed by atoms with Crippen LogP contribution >= 0.6 is 23.1 Å². The Bertz CT molecular complexity index is 591. The van der Waals surface area contributed by atoms with Crippen LogP contribution in [0.4, 0.5) is 0 Å².